The van der Waals surface area contributed by atoms with Crippen LogP contribution in [0.2, 0.25) is 0 Å². The molecule has 3 nitrogen and oxygen atoms in total. The fourth-order valence-corrected chi connectivity index (χ4v) is 3.84. The van der Waals surface area contributed by atoms with Crippen LogP contribution in [-0.4, -0.2) is 42.9 Å². The van der Waals surface area contributed by atoms with Crippen LogP contribution in [0.4, 0.5) is 0 Å². The van der Waals surface area contributed by atoms with E-state index in [4.69, 9.17) is 0 Å². The SMILES string of the molecule is O=C1C2CNCC1CN(C1CCCCCC1)C2. The minimum Gasteiger partial charge on any atom is -0.315 e. The number of ketones is 1. The third-order valence-corrected chi connectivity index (χ3v) is 4.84. The molecular weight excluding hydrogens is 212 g/mol. The molecular formula is C14H24N2O. The van der Waals surface area contributed by atoms with Crippen LogP contribution in [0.1, 0.15) is 38.5 Å². The van der Waals surface area contributed by atoms with Gasteiger partial charge in [-0.05, 0) is 12.8 Å². The number of hydrogen-bond donors (Lipinski definition) is 1. The summed E-state index contributed by atoms with van der Waals surface area (Å²) in [4.78, 5) is 14.7. The zero-order valence-corrected chi connectivity index (χ0v) is 10.7. The van der Waals surface area contributed by atoms with Gasteiger partial charge in [0.2, 0.25) is 0 Å². The maximum Gasteiger partial charge on any atom is 0.144 e. The fraction of sp³-hybridized carbons (Fsp3) is 0.929. The molecule has 3 rings (SSSR count). The van der Waals surface area contributed by atoms with Crippen molar-refractivity contribution in [2.24, 2.45) is 11.8 Å². The van der Waals surface area contributed by atoms with Gasteiger partial charge >= 0.3 is 0 Å². The smallest absolute Gasteiger partial charge is 0.144 e. The summed E-state index contributed by atoms with van der Waals surface area (Å²) in [5.41, 5.74) is 0. The molecule has 2 unspecified atom stereocenters. The lowest BCUT2D eigenvalue weighted by molar-refractivity contribution is -0.134. The fourth-order valence-electron chi connectivity index (χ4n) is 3.84. The standard InChI is InChI=1S/C14H24N2O/c17-14-11-7-15-8-12(14)10-16(9-11)13-5-3-1-2-4-6-13/h11-13,15H,1-10H2. The number of nitrogens with one attached hydrogen (secondary N) is 1. The molecule has 1 N–H and O–H groups in total. The molecule has 3 fully saturated rings. The predicted molar refractivity (Wildman–Crippen MR) is 67.9 cm³/mol. The zero-order valence-electron chi connectivity index (χ0n) is 10.7. The summed E-state index contributed by atoms with van der Waals surface area (Å²) in [6.07, 6.45) is 8.34. The Bertz CT molecular complexity index is 268. The van der Waals surface area contributed by atoms with Gasteiger partial charge in [0.05, 0.1) is 0 Å². The second-order valence-corrected chi connectivity index (χ2v) is 6.05. The average molecular weight is 236 g/mol. The molecule has 2 bridgehead atoms. The van der Waals surface area contributed by atoms with Gasteiger partial charge in [-0.2, -0.15) is 0 Å². The molecule has 0 amide bonds. The summed E-state index contributed by atoms with van der Waals surface area (Å²) >= 11 is 0. The van der Waals surface area contributed by atoms with E-state index in [1.54, 1.807) is 0 Å². The van der Waals surface area contributed by atoms with E-state index in [0.717, 1.165) is 32.2 Å². The first-order valence-corrected chi connectivity index (χ1v) is 7.33. The van der Waals surface area contributed by atoms with Crippen molar-refractivity contribution in [1.29, 1.82) is 0 Å². The minimum absolute atomic E-state index is 0.283. The monoisotopic (exact) mass is 236 g/mol. The molecule has 1 aliphatic carbocycles. The number of carbonyl (C=O) groups is 1. The molecule has 3 aliphatic rings. The van der Waals surface area contributed by atoms with Gasteiger partial charge < -0.3 is 5.32 Å². The van der Waals surface area contributed by atoms with Crippen molar-refractivity contribution in [2.45, 2.75) is 44.6 Å². The summed E-state index contributed by atoms with van der Waals surface area (Å²) in [5.74, 6) is 1.10. The molecule has 0 aromatic carbocycles. The highest BCUT2D eigenvalue weighted by atomic mass is 16.1. The van der Waals surface area contributed by atoms with E-state index in [1.165, 1.54) is 38.5 Å². The number of nitrogens with zero attached hydrogens (tertiary/aromatic N) is 1. The Hall–Kier alpha value is -0.410. The van der Waals surface area contributed by atoms with Crippen molar-refractivity contribution in [3.05, 3.63) is 0 Å². The lowest BCUT2D eigenvalue weighted by Gasteiger charge is -2.43. The third-order valence-electron chi connectivity index (χ3n) is 4.84. The van der Waals surface area contributed by atoms with Gasteiger partial charge in [-0.3, -0.25) is 9.69 Å². The maximum absolute atomic E-state index is 12.0. The first kappa shape index (κ1) is 11.7. The number of hydrogen-bond acceptors (Lipinski definition) is 3. The Balaban J connectivity index is 1.66. The van der Waals surface area contributed by atoms with Gasteiger partial charge in [-0.25, -0.2) is 0 Å². The molecule has 2 saturated heterocycles. The number of piperidine rings is 2. The van der Waals surface area contributed by atoms with E-state index in [1.807, 2.05) is 0 Å². The number of fused-ring (bicyclic) bond motifs is 2. The first-order valence-electron chi connectivity index (χ1n) is 7.33. The van der Waals surface area contributed by atoms with Crippen molar-refractivity contribution in [1.82, 2.24) is 10.2 Å². The van der Waals surface area contributed by atoms with Crippen LogP contribution in [0.5, 0.6) is 0 Å². The maximum atomic E-state index is 12.0. The van der Waals surface area contributed by atoms with E-state index in [2.05, 4.69) is 10.2 Å². The van der Waals surface area contributed by atoms with Crippen LogP contribution in [0.3, 0.4) is 0 Å². The van der Waals surface area contributed by atoms with Gasteiger partial charge in [0.25, 0.3) is 0 Å². The van der Waals surface area contributed by atoms with Crippen molar-refractivity contribution in [3.8, 4) is 0 Å². The Morgan fingerprint density at radius 2 is 1.53 bits per heavy atom. The quantitative estimate of drug-likeness (QED) is 0.699. The second-order valence-electron chi connectivity index (χ2n) is 6.05. The van der Waals surface area contributed by atoms with Crippen LogP contribution in [0.15, 0.2) is 0 Å². The molecule has 3 heteroatoms. The molecule has 0 radical (unpaired) electrons. The van der Waals surface area contributed by atoms with Gasteiger partial charge in [0, 0.05) is 44.1 Å². The van der Waals surface area contributed by atoms with E-state index in [9.17, 15) is 4.79 Å². The number of rotatable bonds is 1. The van der Waals surface area contributed by atoms with Gasteiger partial charge in [-0.15, -0.1) is 0 Å². The highest BCUT2D eigenvalue weighted by molar-refractivity contribution is 5.85. The molecule has 2 atom stereocenters. The lowest BCUT2D eigenvalue weighted by Crippen LogP contribution is -2.59. The summed E-state index contributed by atoms with van der Waals surface area (Å²) in [7, 11) is 0. The molecule has 0 aromatic rings. The second kappa shape index (κ2) is 5.07. The molecule has 1 saturated carbocycles. The van der Waals surface area contributed by atoms with Gasteiger partial charge in [0.15, 0.2) is 0 Å². The Kier molecular flexibility index (Phi) is 3.48. The highest BCUT2D eigenvalue weighted by Crippen LogP contribution is 2.28. The average Bonchev–Trinajstić information content (AvgIpc) is 2.57. The van der Waals surface area contributed by atoms with Crippen LogP contribution >= 0.6 is 0 Å². The summed E-state index contributed by atoms with van der Waals surface area (Å²) < 4.78 is 0. The lowest BCUT2D eigenvalue weighted by atomic mass is 9.83. The highest BCUT2D eigenvalue weighted by Gasteiger charge is 2.39. The largest absolute Gasteiger partial charge is 0.315 e. The molecule has 0 aromatic heterocycles. The van der Waals surface area contributed by atoms with Crippen LogP contribution in [0, 0.1) is 11.8 Å². The Morgan fingerprint density at radius 3 is 2.12 bits per heavy atom. The van der Waals surface area contributed by atoms with Gasteiger partial charge in [0.1, 0.15) is 5.78 Å². The number of likely N-dealkylation sites (tertiary alicyclic amines) is 1. The van der Waals surface area contributed by atoms with Crippen LogP contribution < -0.4 is 5.32 Å². The summed E-state index contributed by atoms with van der Waals surface area (Å²) in [6.45, 7) is 3.87. The van der Waals surface area contributed by atoms with Crippen molar-refractivity contribution >= 4 is 5.78 Å². The summed E-state index contributed by atoms with van der Waals surface area (Å²) in [6, 6.07) is 0.772. The van der Waals surface area contributed by atoms with Crippen molar-refractivity contribution in [2.75, 3.05) is 26.2 Å². The van der Waals surface area contributed by atoms with Crippen LogP contribution in [0.25, 0.3) is 0 Å². The first-order chi connectivity index (χ1) is 8.34. The molecule has 2 aliphatic heterocycles. The summed E-state index contributed by atoms with van der Waals surface area (Å²) in [5, 5.41) is 3.41. The molecule has 2 heterocycles. The van der Waals surface area contributed by atoms with Crippen molar-refractivity contribution < 1.29 is 4.79 Å². The number of carbonyl (C=O) groups excluding carboxylic acids is 1. The van der Waals surface area contributed by atoms with Crippen molar-refractivity contribution in [3.63, 3.8) is 0 Å². The van der Waals surface area contributed by atoms with E-state index < -0.39 is 0 Å². The Morgan fingerprint density at radius 1 is 0.941 bits per heavy atom. The molecule has 0 spiro atoms. The Labute approximate surface area is 104 Å². The van der Waals surface area contributed by atoms with Crippen LogP contribution in [-0.2, 0) is 4.79 Å². The molecule has 96 valence electrons. The predicted octanol–water partition coefficient (Wildman–Crippen LogP) is 1.43. The third kappa shape index (κ3) is 2.41. The normalized spacial score (nSPS) is 36.8. The van der Waals surface area contributed by atoms with E-state index in [-0.39, 0.29) is 11.8 Å². The molecule has 17 heavy (non-hydrogen) atoms. The van der Waals surface area contributed by atoms with Gasteiger partial charge in [-0.1, -0.05) is 25.7 Å². The minimum atomic E-state index is 0.283. The van der Waals surface area contributed by atoms with E-state index in [0.29, 0.717) is 5.78 Å². The topological polar surface area (TPSA) is 32.3 Å². The zero-order chi connectivity index (χ0) is 11.7. The number of Topliss-reactive ketones (excluding diaryl/α,β-unsaturated/α-hetero) is 1. The van der Waals surface area contributed by atoms with E-state index >= 15 is 0 Å².